The van der Waals surface area contributed by atoms with Crippen LogP contribution in [0.5, 0.6) is 0 Å². The third-order valence-electron chi connectivity index (χ3n) is 4.63. The smallest absolute Gasteiger partial charge is 0.0312 e. The molecule has 4 rings (SSSR count). The Hall–Kier alpha value is 1.44. The lowest BCUT2D eigenvalue weighted by atomic mass is 9.52. The summed E-state index contributed by atoms with van der Waals surface area (Å²) in [4.78, 5) is 0. The highest BCUT2D eigenvalue weighted by Crippen LogP contribution is 2.69. The Kier molecular flexibility index (Phi) is 2.13. The fourth-order valence-electron chi connectivity index (χ4n) is 4.21. The molecule has 14 heavy (non-hydrogen) atoms. The van der Waals surface area contributed by atoms with Crippen LogP contribution in [-0.2, 0) is 0 Å². The molecule has 0 amide bonds. The zero-order valence-electron chi connectivity index (χ0n) is 8.32. The lowest BCUT2D eigenvalue weighted by Gasteiger charge is -2.64. The van der Waals surface area contributed by atoms with Crippen LogP contribution < -0.4 is 0 Å². The molecule has 0 saturated heterocycles. The van der Waals surface area contributed by atoms with Crippen molar-refractivity contribution in [3.8, 4) is 0 Å². The molecule has 0 spiro atoms. The van der Waals surface area contributed by atoms with Gasteiger partial charge in [0.2, 0.25) is 0 Å². The molecule has 4 fully saturated rings. The lowest BCUT2D eigenvalue weighted by molar-refractivity contribution is 0.0338. The average molecular weight is 387 g/mol. The van der Waals surface area contributed by atoms with Gasteiger partial charge in [0.15, 0.2) is 0 Å². The maximum Gasteiger partial charge on any atom is 0.0312 e. The van der Waals surface area contributed by atoms with Crippen LogP contribution in [0.2, 0.25) is 0 Å². The topological polar surface area (TPSA) is 0 Å². The molecule has 3 atom stereocenters. The van der Waals surface area contributed by atoms with E-state index in [1.54, 1.807) is 0 Å². The molecule has 0 aromatic carbocycles. The molecule has 4 aliphatic rings. The van der Waals surface area contributed by atoms with Crippen molar-refractivity contribution in [2.24, 2.45) is 11.8 Å². The highest BCUT2D eigenvalue weighted by atomic mass is 79.9. The quantitative estimate of drug-likeness (QED) is 0.532. The van der Waals surface area contributed by atoms with Crippen molar-refractivity contribution in [2.75, 3.05) is 0 Å². The summed E-state index contributed by atoms with van der Waals surface area (Å²) in [6.45, 7) is 2.43. The summed E-state index contributed by atoms with van der Waals surface area (Å²) in [5.41, 5.74) is 0. The van der Waals surface area contributed by atoms with Gasteiger partial charge >= 0.3 is 0 Å². The minimum atomic E-state index is 0.402. The van der Waals surface area contributed by atoms with Gasteiger partial charge in [-0.1, -0.05) is 54.7 Å². The summed E-state index contributed by atoms with van der Waals surface area (Å²) in [5, 5.41) is 0. The van der Waals surface area contributed by atoms with E-state index in [0.717, 1.165) is 11.8 Å². The molecule has 0 nitrogen and oxygen atoms in total. The summed E-state index contributed by atoms with van der Waals surface area (Å²) >= 11 is 12.0. The lowest BCUT2D eigenvalue weighted by Crippen LogP contribution is -2.63. The van der Waals surface area contributed by atoms with Gasteiger partial charge in [0.1, 0.15) is 0 Å². The van der Waals surface area contributed by atoms with E-state index < -0.39 is 0 Å². The predicted octanol–water partition coefficient (Wildman–Crippen LogP) is 4.63. The van der Waals surface area contributed by atoms with Gasteiger partial charge in [0.05, 0.1) is 0 Å². The molecule has 4 saturated carbocycles. The Labute approximate surface area is 111 Å². The Bertz CT molecular complexity index is 270. The number of hydrogen-bond acceptors (Lipinski definition) is 0. The zero-order chi connectivity index (χ0) is 10.2. The maximum absolute atomic E-state index is 4.03. The van der Waals surface area contributed by atoms with Crippen molar-refractivity contribution >= 4 is 47.8 Å². The predicted molar refractivity (Wildman–Crippen MR) is 70.7 cm³/mol. The first-order chi connectivity index (χ1) is 6.34. The van der Waals surface area contributed by atoms with Crippen molar-refractivity contribution in [1.29, 1.82) is 0 Å². The van der Waals surface area contributed by atoms with E-state index in [1.165, 1.54) is 32.1 Å². The van der Waals surface area contributed by atoms with Crippen LogP contribution in [0, 0.1) is 11.8 Å². The van der Waals surface area contributed by atoms with Gasteiger partial charge in [-0.3, -0.25) is 0 Å². The number of alkyl halides is 3. The molecule has 80 valence electrons. The average Bonchev–Trinajstić information content (AvgIpc) is 1.94. The van der Waals surface area contributed by atoms with E-state index in [9.17, 15) is 0 Å². The van der Waals surface area contributed by atoms with Crippen molar-refractivity contribution in [2.45, 2.75) is 52.0 Å². The minimum Gasteiger partial charge on any atom is -0.0852 e. The summed E-state index contributed by atoms with van der Waals surface area (Å²) < 4.78 is 1.25. The standard InChI is InChI=1S/C11H15Br3/c1-7-8-2-9(12)4-10(13,3-8)6-11(7,14)5-9/h7-8H,2-6H2,1H3. The first kappa shape index (κ1) is 10.6. The minimum absolute atomic E-state index is 0.402. The highest BCUT2D eigenvalue weighted by Gasteiger charge is 2.64. The molecule has 0 aromatic heterocycles. The summed E-state index contributed by atoms with van der Waals surface area (Å²) in [6.07, 6.45) is 6.70. The second-order valence-electron chi connectivity index (χ2n) is 5.82. The molecular weight excluding hydrogens is 372 g/mol. The van der Waals surface area contributed by atoms with Gasteiger partial charge in [-0.2, -0.15) is 0 Å². The van der Waals surface area contributed by atoms with Gasteiger partial charge in [0.25, 0.3) is 0 Å². The molecule has 0 heterocycles. The van der Waals surface area contributed by atoms with E-state index in [4.69, 9.17) is 0 Å². The van der Waals surface area contributed by atoms with Gasteiger partial charge < -0.3 is 0 Å². The maximum atomic E-state index is 4.03. The Morgan fingerprint density at radius 1 is 0.929 bits per heavy atom. The van der Waals surface area contributed by atoms with E-state index in [1.807, 2.05) is 0 Å². The van der Waals surface area contributed by atoms with E-state index in [0.29, 0.717) is 13.0 Å². The molecule has 0 N–H and O–H groups in total. The highest BCUT2D eigenvalue weighted by molar-refractivity contribution is 9.11. The summed E-state index contributed by atoms with van der Waals surface area (Å²) in [7, 11) is 0. The molecule has 3 unspecified atom stereocenters. The fraction of sp³-hybridized carbons (Fsp3) is 1.00. The number of hydrogen-bond donors (Lipinski definition) is 0. The van der Waals surface area contributed by atoms with Gasteiger partial charge in [-0.15, -0.1) is 0 Å². The summed E-state index contributed by atoms with van der Waals surface area (Å²) in [6, 6.07) is 0. The van der Waals surface area contributed by atoms with E-state index >= 15 is 0 Å². The molecule has 0 radical (unpaired) electrons. The molecule has 0 aromatic rings. The van der Waals surface area contributed by atoms with Crippen molar-refractivity contribution in [1.82, 2.24) is 0 Å². The third-order valence-corrected chi connectivity index (χ3v) is 7.69. The second-order valence-corrected chi connectivity index (χ2v) is 10.8. The van der Waals surface area contributed by atoms with Crippen molar-refractivity contribution < 1.29 is 0 Å². The van der Waals surface area contributed by atoms with Crippen LogP contribution in [0.25, 0.3) is 0 Å². The molecular formula is C11H15Br3. The van der Waals surface area contributed by atoms with Crippen LogP contribution >= 0.6 is 47.8 Å². The summed E-state index contributed by atoms with van der Waals surface area (Å²) in [5.74, 6) is 1.75. The zero-order valence-corrected chi connectivity index (χ0v) is 13.1. The van der Waals surface area contributed by atoms with Gasteiger partial charge in [0, 0.05) is 13.0 Å². The Morgan fingerprint density at radius 3 is 1.86 bits per heavy atom. The molecule has 3 heteroatoms. The Morgan fingerprint density at radius 2 is 1.43 bits per heavy atom. The monoisotopic (exact) mass is 384 g/mol. The molecule has 0 aliphatic heterocycles. The first-order valence-electron chi connectivity index (χ1n) is 5.41. The fourth-order valence-corrected chi connectivity index (χ4v) is 9.69. The number of halogens is 3. The van der Waals surface area contributed by atoms with Crippen molar-refractivity contribution in [3.63, 3.8) is 0 Å². The van der Waals surface area contributed by atoms with Crippen LogP contribution in [0.15, 0.2) is 0 Å². The SMILES string of the molecule is CC1C2CC3(Br)CC(Br)(C2)CC1(Br)C3. The normalized spacial score (nSPS) is 66.0. The largest absolute Gasteiger partial charge is 0.0852 e. The van der Waals surface area contributed by atoms with Gasteiger partial charge in [-0.05, 0) is 43.9 Å². The molecule has 4 bridgehead atoms. The number of rotatable bonds is 0. The van der Waals surface area contributed by atoms with Crippen molar-refractivity contribution in [3.05, 3.63) is 0 Å². The van der Waals surface area contributed by atoms with Crippen LogP contribution in [0.3, 0.4) is 0 Å². The van der Waals surface area contributed by atoms with Crippen LogP contribution in [0.1, 0.15) is 39.0 Å². The van der Waals surface area contributed by atoms with E-state index in [2.05, 4.69) is 54.7 Å². The second kappa shape index (κ2) is 2.81. The van der Waals surface area contributed by atoms with Gasteiger partial charge in [-0.25, -0.2) is 0 Å². The Balaban J connectivity index is 2.06. The molecule has 4 aliphatic carbocycles. The van der Waals surface area contributed by atoms with E-state index in [-0.39, 0.29) is 0 Å². The van der Waals surface area contributed by atoms with Crippen LogP contribution in [0.4, 0.5) is 0 Å². The van der Waals surface area contributed by atoms with Crippen LogP contribution in [-0.4, -0.2) is 13.0 Å². The first-order valence-corrected chi connectivity index (χ1v) is 7.79. The third kappa shape index (κ3) is 1.34.